The highest BCUT2D eigenvalue weighted by atomic mass is 32.2. The van der Waals surface area contributed by atoms with Crippen molar-refractivity contribution in [2.75, 3.05) is 26.4 Å². The van der Waals surface area contributed by atoms with E-state index in [0.29, 0.717) is 0 Å². The van der Waals surface area contributed by atoms with Crippen LogP contribution in [0.25, 0.3) is 0 Å². The predicted octanol–water partition coefficient (Wildman–Crippen LogP) is 3.94. The van der Waals surface area contributed by atoms with Gasteiger partial charge in [-0.2, -0.15) is 16.8 Å². The molecule has 5 rings (SSSR count). The number of hydrogen-bond donors (Lipinski definition) is 0. The van der Waals surface area contributed by atoms with E-state index in [9.17, 15) is 16.8 Å². The van der Waals surface area contributed by atoms with Crippen molar-refractivity contribution < 1.29 is 44.1 Å². The summed E-state index contributed by atoms with van der Waals surface area (Å²) in [6.07, 6.45) is -2.46. The second-order valence-corrected chi connectivity index (χ2v) is 12.8. The molecular weight excluding hydrogens is 560 g/mol. The van der Waals surface area contributed by atoms with Crippen LogP contribution in [-0.4, -0.2) is 55.5 Å². The van der Waals surface area contributed by atoms with Gasteiger partial charge < -0.3 is 18.9 Å². The second kappa shape index (κ2) is 12.0. The molecule has 0 amide bonds. The summed E-state index contributed by atoms with van der Waals surface area (Å²) in [6, 6.07) is 20.0. The van der Waals surface area contributed by atoms with Gasteiger partial charge in [-0.1, -0.05) is 59.7 Å². The topological polar surface area (TPSA) is 124 Å². The molecule has 0 aliphatic carbocycles. The van der Waals surface area contributed by atoms with Gasteiger partial charge in [0.05, 0.1) is 36.2 Å². The van der Waals surface area contributed by atoms with E-state index in [1.54, 1.807) is 48.5 Å². The van der Waals surface area contributed by atoms with Gasteiger partial charge in [-0.15, -0.1) is 0 Å². The monoisotopic (exact) mass is 590 g/mol. The molecule has 4 atom stereocenters. The summed E-state index contributed by atoms with van der Waals surface area (Å²) >= 11 is 0. The van der Waals surface area contributed by atoms with Crippen LogP contribution in [0.2, 0.25) is 0 Å². The van der Waals surface area contributed by atoms with Gasteiger partial charge in [0.2, 0.25) is 0 Å². The van der Waals surface area contributed by atoms with Crippen LogP contribution in [0.5, 0.6) is 0 Å². The summed E-state index contributed by atoms with van der Waals surface area (Å²) in [5.41, 5.74) is 3.36. The fraction of sp³-hybridized carbons (Fsp3) is 0.357. The highest BCUT2D eigenvalue weighted by Gasteiger charge is 2.32. The fourth-order valence-corrected chi connectivity index (χ4v) is 5.98. The van der Waals surface area contributed by atoms with Crippen LogP contribution in [0.4, 0.5) is 0 Å². The van der Waals surface area contributed by atoms with Crippen molar-refractivity contribution in [2.45, 2.75) is 48.4 Å². The lowest BCUT2D eigenvalue weighted by Crippen LogP contribution is -2.21. The van der Waals surface area contributed by atoms with Crippen LogP contribution in [0.1, 0.15) is 34.8 Å². The number of benzene rings is 3. The zero-order chi connectivity index (χ0) is 28.3. The predicted molar refractivity (Wildman–Crippen MR) is 142 cm³/mol. The Kier molecular flexibility index (Phi) is 8.69. The van der Waals surface area contributed by atoms with Crippen molar-refractivity contribution in [1.82, 2.24) is 0 Å². The third kappa shape index (κ3) is 6.96. The van der Waals surface area contributed by atoms with Gasteiger partial charge in [0.25, 0.3) is 20.2 Å². The third-order valence-electron chi connectivity index (χ3n) is 6.42. The largest absolute Gasteiger partial charge is 0.346 e. The van der Waals surface area contributed by atoms with Gasteiger partial charge in [0, 0.05) is 11.1 Å². The van der Waals surface area contributed by atoms with Gasteiger partial charge in [-0.25, -0.2) is 0 Å². The van der Waals surface area contributed by atoms with Gasteiger partial charge in [0.1, 0.15) is 12.2 Å². The second-order valence-electron chi connectivity index (χ2n) is 9.62. The molecule has 0 N–H and O–H groups in total. The van der Waals surface area contributed by atoms with Crippen LogP contribution in [-0.2, 0) is 47.5 Å². The van der Waals surface area contributed by atoms with Crippen molar-refractivity contribution in [3.63, 3.8) is 0 Å². The zero-order valence-electron chi connectivity index (χ0n) is 22.0. The lowest BCUT2D eigenvalue weighted by molar-refractivity contribution is -0.0680. The van der Waals surface area contributed by atoms with E-state index in [1.165, 1.54) is 24.3 Å². The van der Waals surface area contributed by atoms with Gasteiger partial charge >= 0.3 is 0 Å². The molecule has 2 fully saturated rings. The number of aryl methyl sites for hydroxylation is 2. The molecule has 214 valence electrons. The summed E-state index contributed by atoms with van der Waals surface area (Å²) in [6.45, 7) is 3.76. The third-order valence-corrected chi connectivity index (χ3v) is 9.01. The maximum absolute atomic E-state index is 12.4. The van der Waals surface area contributed by atoms with Crippen LogP contribution < -0.4 is 0 Å². The molecule has 10 nitrogen and oxygen atoms in total. The maximum atomic E-state index is 12.4. The molecular formula is C28H30O10S2. The molecule has 3 aromatic carbocycles. The smallest absolute Gasteiger partial charge is 0.297 e. The first-order valence-electron chi connectivity index (χ1n) is 12.7. The Labute approximate surface area is 234 Å². The Morgan fingerprint density at radius 2 is 0.950 bits per heavy atom. The van der Waals surface area contributed by atoms with Crippen molar-refractivity contribution in [2.24, 2.45) is 0 Å². The average Bonchev–Trinajstić information content (AvgIpc) is 3.62. The summed E-state index contributed by atoms with van der Waals surface area (Å²) in [4.78, 5) is 0.171. The molecule has 0 bridgehead atoms. The number of rotatable bonds is 10. The number of ether oxygens (including phenoxy) is 4. The summed E-state index contributed by atoms with van der Waals surface area (Å²) in [5.74, 6) is 0. The van der Waals surface area contributed by atoms with Crippen LogP contribution in [0.15, 0.2) is 82.6 Å². The fourth-order valence-electron chi connectivity index (χ4n) is 4.11. The molecule has 3 aromatic rings. The average molecular weight is 591 g/mol. The minimum absolute atomic E-state index is 0.0854. The molecule has 2 heterocycles. The van der Waals surface area contributed by atoms with Crippen LogP contribution in [0, 0.1) is 13.8 Å². The highest BCUT2D eigenvalue weighted by Crippen LogP contribution is 2.32. The molecule has 40 heavy (non-hydrogen) atoms. The molecule has 0 saturated carbocycles. The van der Waals surface area contributed by atoms with Crippen LogP contribution in [0.3, 0.4) is 0 Å². The molecule has 0 spiro atoms. The zero-order valence-corrected chi connectivity index (χ0v) is 23.6. The lowest BCUT2D eigenvalue weighted by atomic mass is 10.1. The normalized spacial score (nSPS) is 23.4. The molecule has 0 aromatic heterocycles. The summed E-state index contributed by atoms with van der Waals surface area (Å²) in [7, 11) is -7.80. The Bertz CT molecular complexity index is 1390. The molecule has 2 aliphatic rings. The van der Waals surface area contributed by atoms with E-state index in [1.807, 2.05) is 13.8 Å². The minimum atomic E-state index is -3.90. The molecule has 4 unspecified atom stereocenters. The Morgan fingerprint density at radius 3 is 1.30 bits per heavy atom. The van der Waals surface area contributed by atoms with Crippen molar-refractivity contribution in [3.8, 4) is 0 Å². The van der Waals surface area contributed by atoms with Gasteiger partial charge in [-0.05, 0) is 38.1 Å². The summed E-state index contributed by atoms with van der Waals surface area (Å²) in [5, 5.41) is 0. The lowest BCUT2D eigenvalue weighted by Gasteiger charge is -2.15. The quantitative estimate of drug-likeness (QED) is 0.321. The molecule has 12 heteroatoms. The highest BCUT2D eigenvalue weighted by molar-refractivity contribution is 7.87. The first kappa shape index (κ1) is 28.8. The van der Waals surface area contributed by atoms with E-state index >= 15 is 0 Å². The maximum Gasteiger partial charge on any atom is 0.297 e. The molecule has 2 saturated heterocycles. The van der Waals surface area contributed by atoms with E-state index in [4.69, 9.17) is 27.3 Å². The Balaban J connectivity index is 1.09. The van der Waals surface area contributed by atoms with E-state index in [0.717, 1.165) is 22.3 Å². The number of hydrogen-bond acceptors (Lipinski definition) is 10. The first-order chi connectivity index (χ1) is 19.1. The van der Waals surface area contributed by atoms with Crippen molar-refractivity contribution in [1.29, 1.82) is 0 Å². The molecule has 0 radical (unpaired) electrons. The standard InChI is InChI=1S/C28H30O10S2/c1-19-3-11-25(12-4-19)39(29,30)35-17-23-15-33-27(37-23)21-7-9-22(10-8-21)28-34-16-24(38-28)18-36-40(31,32)26-13-5-20(2)6-14-26/h3-14,23-24,27-28H,15-18H2,1-2H3. The van der Waals surface area contributed by atoms with Crippen molar-refractivity contribution >= 4 is 20.2 Å². The van der Waals surface area contributed by atoms with Gasteiger partial charge in [0.15, 0.2) is 12.6 Å². The van der Waals surface area contributed by atoms with Crippen molar-refractivity contribution in [3.05, 3.63) is 95.1 Å². The Hall–Kier alpha value is -2.68. The molecule has 2 aliphatic heterocycles. The van der Waals surface area contributed by atoms with Crippen LogP contribution >= 0.6 is 0 Å². The minimum Gasteiger partial charge on any atom is -0.346 e. The SMILES string of the molecule is Cc1ccc(S(=O)(=O)OCC2COC(c3ccc(C4OCC(COS(=O)(=O)c5ccc(C)cc5)O4)cc3)O2)cc1. The van der Waals surface area contributed by atoms with E-state index < -0.39 is 45.0 Å². The first-order valence-corrected chi connectivity index (χ1v) is 15.5. The van der Waals surface area contributed by atoms with Gasteiger partial charge in [-0.3, -0.25) is 8.37 Å². The summed E-state index contributed by atoms with van der Waals surface area (Å²) < 4.78 is 83.1. The Morgan fingerprint density at radius 1 is 0.600 bits per heavy atom. The van der Waals surface area contributed by atoms with E-state index in [-0.39, 0.29) is 36.2 Å². The van der Waals surface area contributed by atoms with E-state index in [2.05, 4.69) is 0 Å².